The molecule has 0 saturated heterocycles. The van der Waals surface area contributed by atoms with E-state index in [2.05, 4.69) is 64.9 Å². The number of fused-ring (bicyclic) bond motifs is 1. The monoisotopic (exact) mass is 800 g/mol. The van der Waals surface area contributed by atoms with Crippen LogP contribution in [-0.4, -0.2) is 26.9 Å². The second kappa shape index (κ2) is 25.1. The topological polar surface area (TPSA) is 25.8 Å². The van der Waals surface area contributed by atoms with Gasteiger partial charge in [0.1, 0.15) is 0 Å². The Bertz CT molecular complexity index is 1260. The molecule has 49 heavy (non-hydrogen) atoms. The summed E-state index contributed by atoms with van der Waals surface area (Å²) in [5, 5.41) is 0. The SMILES string of the molecule is C1CCC(P(C2CCCCC2)C2CCCCC2)CC1.[C]1C=C(c2ccccc2)c2ccccc21.[Cl][Ru][Cl].c1ccncc1.c1ccncc1. The van der Waals surface area contributed by atoms with Crippen LogP contribution in [0.4, 0.5) is 0 Å². The fourth-order valence-corrected chi connectivity index (χ4v) is 12.3. The molecule has 2 heterocycles. The Balaban J connectivity index is 0.000000158. The third-order valence-corrected chi connectivity index (χ3v) is 13.9. The molecule has 0 bridgehead atoms. The minimum absolute atomic E-state index is 0.346. The van der Waals surface area contributed by atoms with E-state index in [0.717, 1.165) is 0 Å². The molecule has 3 saturated carbocycles. The van der Waals surface area contributed by atoms with Crippen LogP contribution in [0.5, 0.6) is 0 Å². The number of pyridine rings is 2. The van der Waals surface area contributed by atoms with Gasteiger partial charge in [-0.25, -0.2) is 0 Å². The zero-order valence-corrected chi connectivity index (χ0v) is 33.0. The second-order valence-corrected chi connectivity index (χ2v) is 18.8. The summed E-state index contributed by atoms with van der Waals surface area (Å²) in [6, 6.07) is 30.2. The first-order chi connectivity index (χ1) is 24.3. The van der Waals surface area contributed by atoms with E-state index in [1.165, 1.54) is 58.5 Å². The second-order valence-electron chi connectivity index (χ2n) is 13.0. The Morgan fingerprint density at radius 3 is 1.29 bits per heavy atom. The average molecular weight is 801 g/mol. The van der Waals surface area contributed by atoms with Gasteiger partial charge in [0.25, 0.3) is 0 Å². The molecule has 4 aliphatic rings. The number of halogens is 2. The van der Waals surface area contributed by atoms with Crippen LogP contribution in [0, 0.1) is 6.42 Å². The van der Waals surface area contributed by atoms with E-state index < -0.39 is 0 Å². The molecule has 2 aromatic heterocycles. The predicted molar refractivity (Wildman–Crippen MR) is 210 cm³/mol. The first kappa shape index (κ1) is 39.9. The van der Waals surface area contributed by atoms with Crippen molar-refractivity contribution in [1.29, 1.82) is 0 Å². The van der Waals surface area contributed by atoms with Gasteiger partial charge in [-0.3, -0.25) is 9.97 Å². The number of hydrogen-bond acceptors (Lipinski definition) is 2. The summed E-state index contributed by atoms with van der Waals surface area (Å²) in [6.45, 7) is 0. The molecule has 0 N–H and O–H groups in total. The molecule has 2 radical (unpaired) electrons. The smallest absolute Gasteiger partial charge is 0.0267 e. The van der Waals surface area contributed by atoms with Gasteiger partial charge in [0, 0.05) is 31.2 Å². The molecule has 2 aromatic carbocycles. The van der Waals surface area contributed by atoms with Gasteiger partial charge in [0.15, 0.2) is 0 Å². The molecule has 6 heteroatoms. The van der Waals surface area contributed by atoms with Crippen LogP contribution in [0.25, 0.3) is 5.57 Å². The van der Waals surface area contributed by atoms with Crippen molar-refractivity contribution in [2.45, 2.75) is 113 Å². The third-order valence-electron chi connectivity index (χ3n) is 9.80. The zero-order valence-electron chi connectivity index (χ0n) is 28.8. The number of aromatic nitrogens is 2. The molecule has 262 valence electrons. The van der Waals surface area contributed by atoms with Gasteiger partial charge in [-0.05, 0) is 102 Å². The van der Waals surface area contributed by atoms with E-state index in [1.807, 2.05) is 48.5 Å². The molecule has 4 aliphatic carbocycles. The Labute approximate surface area is 314 Å². The van der Waals surface area contributed by atoms with Gasteiger partial charge in [0.05, 0.1) is 0 Å². The van der Waals surface area contributed by atoms with E-state index in [9.17, 15) is 0 Å². The van der Waals surface area contributed by atoms with Crippen LogP contribution in [0.15, 0.2) is 122 Å². The maximum Gasteiger partial charge on any atom is 0.0267 e. The molecule has 0 spiro atoms. The van der Waals surface area contributed by atoms with Crippen LogP contribution >= 0.6 is 27.3 Å². The third kappa shape index (κ3) is 14.7. The van der Waals surface area contributed by atoms with Crippen molar-refractivity contribution in [3.8, 4) is 0 Å². The van der Waals surface area contributed by atoms with E-state index in [-0.39, 0.29) is 15.1 Å². The molecule has 3 fully saturated rings. The molecular weight excluding hydrogens is 747 g/mol. The van der Waals surface area contributed by atoms with Crippen molar-refractivity contribution in [1.82, 2.24) is 9.97 Å². The minimum atomic E-state index is -0.346. The summed E-state index contributed by atoms with van der Waals surface area (Å²) in [7, 11) is 10.1. The average Bonchev–Trinajstić information content (AvgIpc) is 3.64. The number of rotatable bonds is 4. The molecule has 4 aromatic rings. The van der Waals surface area contributed by atoms with Crippen molar-refractivity contribution < 1.29 is 15.1 Å². The Morgan fingerprint density at radius 2 is 0.898 bits per heavy atom. The normalized spacial score (nSPS) is 17.7. The first-order valence-electron chi connectivity index (χ1n) is 18.3. The summed E-state index contributed by atoms with van der Waals surface area (Å²) in [5.41, 5.74) is 8.57. The van der Waals surface area contributed by atoms with Crippen molar-refractivity contribution in [2.75, 3.05) is 0 Å². The summed E-state index contributed by atoms with van der Waals surface area (Å²) in [4.78, 5) is 7.57. The van der Waals surface area contributed by atoms with Crippen LogP contribution < -0.4 is 0 Å². The zero-order chi connectivity index (χ0) is 34.2. The molecular formula is C43H53Cl2N2PRu. The Kier molecular flexibility index (Phi) is 20.5. The van der Waals surface area contributed by atoms with Crippen molar-refractivity contribution in [3.05, 3.63) is 145 Å². The molecule has 8 rings (SSSR count). The molecule has 0 unspecified atom stereocenters. The molecule has 0 atom stereocenters. The van der Waals surface area contributed by atoms with Crippen LogP contribution in [0.3, 0.4) is 0 Å². The maximum atomic E-state index is 4.85. The Morgan fingerprint density at radius 1 is 0.510 bits per heavy atom. The minimum Gasteiger partial charge on any atom is -0.265 e. The fraction of sp³-hybridized carbons (Fsp3) is 0.419. The van der Waals surface area contributed by atoms with E-state index >= 15 is 0 Å². The summed E-state index contributed by atoms with van der Waals surface area (Å²) in [6.07, 6.45) is 36.0. The van der Waals surface area contributed by atoms with Crippen LogP contribution in [0.1, 0.15) is 113 Å². The number of nitrogens with zero attached hydrogens (tertiary/aromatic N) is 2. The van der Waals surface area contributed by atoms with Gasteiger partial charge in [-0.2, -0.15) is 0 Å². The van der Waals surface area contributed by atoms with Gasteiger partial charge >= 0.3 is 34.5 Å². The van der Waals surface area contributed by atoms with E-state index in [4.69, 9.17) is 19.4 Å². The van der Waals surface area contributed by atoms with Crippen LogP contribution in [0.2, 0.25) is 0 Å². The quantitative estimate of drug-likeness (QED) is 0.152. The number of hydrogen-bond donors (Lipinski definition) is 0. The van der Waals surface area contributed by atoms with Gasteiger partial charge in [-0.15, -0.1) is 0 Å². The molecule has 0 aliphatic heterocycles. The Hall–Kier alpha value is -1.89. The van der Waals surface area contributed by atoms with E-state index in [0.29, 0.717) is 7.92 Å². The van der Waals surface area contributed by atoms with Gasteiger partial charge in [-0.1, -0.05) is 139 Å². The van der Waals surface area contributed by atoms with Crippen molar-refractivity contribution in [3.63, 3.8) is 0 Å². The standard InChI is InChI=1S/C18H33P.C15H10.2C5H5N.2ClH.Ru/c1-4-10-16(11-5-1)19(17-12-6-2-7-13-17)18-14-8-3-9-15-18;1-2-6-12(7-3-1)15-11-10-13-8-4-5-9-14(13)15;2*1-2-4-6-5-3-1;;;/h16-18H,1-15H2;1-9,11H;2*1-5H;2*1H;/q;;;;;;+2/p-2. The van der Waals surface area contributed by atoms with E-state index in [1.54, 1.807) is 102 Å². The number of allylic oxidation sites excluding steroid dienone is 1. The van der Waals surface area contributed by atoms with Gasteiger partial charge < -0.3 is 0 Å². The number of benzene rings is 2. The maximum absolute atomic E-state index is 4.85. The molecule has 0 amide bonds. The van der Waals surface area contributed by atoms with Gasteiger partial charge in [0.2, 0.25) is 0 Å². The van der Waals surface area contributed by atoms with Crippen molar-refractivity contribution >= 4 is 32.9 Å². The predicted octanol–water partition coefficient (Wildman–Crippen LogP) is 13.6. The fourth-order valence-electron chi connectivity index (χ4n) is 7.59. The summed E-state index contributed by atoms with van der Waals surface area (Å²) < 4.78 is 0. The van der Waals surface area contributed by atoms with Crippen LogP contribution in [-0.2, 0) is 15.1 Å². The summed E-state index contributed by atoms with van der Waals surface area (Å²) in [5.74, 6) is 0. The summed E-state index contributed by atoms with van der Waals surface area (Å²) >= 11 is -0.346. The molecule has 2 nitrogen and oxygen atoms in total. The van der Waals surface area contributed by atoms with Crippen molar-refractivity contribution in [2.24, 2.45) is 0 Å². The first-order valence-corrected chi connectivity index (χ1v) is 24.3. The largest absolute Gasteiger partial charge is 0.265 e.